The second-order valence-corrected chi connectivity index (χ2v) is 6.23. The largest absolute Gasteiger partial charge is 0.507 e. The van der Waals surface area contributed by atoms with Crippen molar-refractivity contribution in [1.82, 2.24) is 5.32 Å². The quantitative estimate of drug-likeness (QED) is 0.748. The molecule has 0 radical (unpaired) electrons. The van der Waals surface area contributed by atoms with Gasteiger partial charge in [0.25, 0.3) is 0 Å². The maximum absolute atomic E-state index is 12.3. The van der Waals surface area contributed by atoms with Crippen LogP contribution in [0.15, 0.2) is 66.7 Å². The van der Waals surface area contributed by atoms with Gasteiger partial charge in [0, 0.05) is 16.9 Å². The van der Waals surface area contributed by atoms with E-state index in [0.29, 0.717) is 5.56 Å². The first-order chi connectivity index (χ1) is 11.6. The maximum Gasteiger partial charge on any atom is 0.223 e. The van der Waals surface area contributed by atoms with Gasteiger partial charge in [0.05, 0.1) is 6.04 Å². The molecule has 24 heavy (non-hydrogen) atoms. The van der Waals surface area contributed by atoms with E-state index < -0.39 is 0 Å². The van der Waals surface area contributed by atoms with Crippen LogP contribution in [0, 0.1) is 5.92 Å². The summed E-state index contributed by atoms with van der Waals surface area (Å²) in [6.45, 7) is 3.72. The summed E-state index contributed by atoms with van der Waals surface area (Å²) >= 11 is 0. The Bertz CT molecular complexity index is 856. The van der Waals surface area contributed by atoms with Gasteiger partial charge >= 0.3 is 0 Å². The third-order valence-corrected chi connectivity index (χ3v) is 4.19. The number of carbonyl (C=O) groups excluding carboxylic acids is 1. The zero-order valence-electron chi connectivity index (χ0n) is 13.9. The Labute approximate surface area is 142 Å². The molecule has 3 heteroatoms. The summed E-state index contributed by atoms with van der Waals surface area (Å²) in [6, 6.07) is 20.9. The van der Waals surface area contributed by atoms with E-state index in [1.165, 1.54) is 0 Å². The van der Waals surface area contributed by atoms with Crippen LogP contribution in [0.25, 0.3) is 10.8 Å². The summed E-state index contributed by atoms with van der Waals surface area (Å²) in [6.07, 6.45) is 0. The van der Waals surface area contributed by atoms with E-state index in [1.54, 1.807) is 0 Å². The first-order valence-electron chi connectivity index (χ1n) is 8.14. The van der Waals surface area contributed by atoms with Gasteiger partial charge in [-0.2, -0.15) is 0 Å². The molecule has 0 fully saturated rings. The molecule has 3 aromatic carbocycles. The molecule has 0 saturated heterocycles. The monoisotopic (exact) mass is 319 g/mol. The summed E-state index contributed by atoms with van der Waals surface area (Å²) in [7, 11) is 0. The number of aromatic hydroxyl groups is 1. The van der Waals surface area contributed by atoms with E-state index in [0.717, 1.165) is 16.3 Å². The molecule has 3 nitrogen and oxygen atoms in total. The van der Waals surface area contributed by atoms with Gasteiger partial charge in [0.1, 0.15) is 5.75 Å². The van der Waals surface area contributed by atoms with E-state index in [4.69, 9.17) is 0 Å². The number of phenols is 1. The van der Waals surface area contributed by atoms with Crippen molar-refractivity contribution in [2.45, 2.75) is 19.9 Å². The molecule has 0 aromatic heterocycles. The second-order valence-electron chi connectivity index (χ2n) is 6.23. The number of benzene rings is 3. The van der Waals surface area contributed by atoms with Gasteiger partial charge in [-0.15, -0.1) is 0 Å². The van der Waals surface area contributed by atoms with Crippen LogP contribution in [0.3, 0.4) is 0 Å². The maximum atomic E-state index is 12.3. The number of phenolic OH excluding ortho intramolecular Hbond substituents is 1. The zero-order chi connectivity index (χ0) is 17.1. The Hall–Kier alpha value is -2.81. The van der Waals surface area contributed by atoms with Crippen LogP contribution in [0.2, 0.25) is 0 Å². The normalized spacial score (nSPS) is 12.3. The van der Waals surface area contributed by atoms with E-state index in [2.05, 4.69) is 5.32 Å². The molecule has 0 heterocycles. The number of hydrogen-bond donors (Lipinski definition) is 2. The van der Waals surface area contributed by atoms with Crippen LogP contribution in [-0.4, -0.2) is 11.0 Å². The summed E-state index contributed by atoms with van der Waals surface area (Å²) in [5.41, 5.74) is 1.64. The second kappa shape index (κ2) is 6.75. The number of carbonyl (C=O) groups is 1. The number of rotatable bonds is 4. The SMILES string of the molecule is CC(C)C(=O)NC(c1ccccc1)c1ccc2ccccc2c1O. The zero-order valence-corrected chi connectivity index (χ0v) is 13.9. The summed E-state index contributed by atoms with van der Waals surface area (Å²) < 4.78 is 0. The molecule has 0 aliphatic rings. The van der Waals surface area contributed by atoms with E-state index >= 15 is 0 Å². The van der Waals surface area contributed by atoms with Crippen LogP contribution in [0.4, 0.5) is 0 Å². The predicted octanol–water partition coefficient (Wildman–Crippen LogP) is 4.41. The lowest BCUT2D eigenvalue weighted by atomic mass is 9.94. The molecule has 0 bridgehead atoms. The summed E-state index contributed by atoms with van der Waals surface area (Å²) in [4.78, 5) is 12.3. The first kappa shape index (κ1) is 16.1. The van der Waals surface area contributed by atoms with Crippen molar-refractivity contribution >= 4 is 16.7 Å². The minimum absolute atomic E-state index is 0.0450. The smallest absolute Gasteiger partial charge is 0.223 e. The van der Waals surface area contributed by atoms with Crippen LogP contribution >= 0.6 is 0 Å². The molecular weight excluding hydrogens is 298 g/mol. The van der Waals surface area contributed by atoms with Crippen molar-refractivity contribution in [1.29, 1.82) is 0 Å². The van der Waals surface area contributed by atoms with Gasteiger partial charge in [0.2, 0.25) is 5.91 Å². The van der Waals surface area contributed by atoms with E-state index in [1.807, 2.05) is 80.6 Å². The average molecular weight is 319 g/mol. The highest BCUT2D eigenvalue weighted by molar-refractivity contribution is 5.90. The molecule has 1 amide bonds. The molecule has 1 unspecified atom stereocenters. The topological polar surface area (TPSA) is 49.3 Å². The highest BCUT2D eigenvalue weighted by Crippen LogP contribution is 2.35. The van der Waals surface area contributed by atoms with E-state index in [9.17, 15) is 9.90 Å². The third kappa shape index (κ3) is 3.11. The molecule has 0 spiro atoms. The van der Waals surface area contributed by atoms with Gasteiger partial charge in [-0.1, -0.05) is 80.6 Å². The predicted molar refractivity (Wildman–Crippen MR) is 96.9 cm³/mol. The Morgan fingerprint density at radius 3 is 2.29 bits per heavy atom. The Morgan fingerprint density at radius 1 is 0.917 bits per heavy atom. The van der Waals surface area contributed by atoms with E-state index in [-0.39, 0.29) is 23.6 Å². The highest BCUT2D eigenvalue weighted by atomic mass is 16.3. The minimum atomic E-state index is -0.384. The van der Waals surface area contributed by atoms with Crippen LogP contribution < -0.4 is 5.32 Å². The van der Waals surface area contributed by atoms with Crippen molar-refractivity contribution in [3.63, 3.8) is 0 Å². The lowest BCUT2D eigenvalue weighted by molar-refractivity contribution is -0.124. The fourth-order valence-electron chi connectivity index (χ4n) is 2.80. The summed E-state index contributed by atoms with van der Waals surface area (Å²) in [5, 5.41) is 15.6. The highest BCUT2D eigenvalue weighted by Gasteiger charge is 2.22. The number of nitrogens with one attached hydrogen (secondary N) is 1. The van der Waals surface area contributed by atoms with Crippen molar-refractivity contribution in [3.8, 4) is 5.75 Å². The average Bonchev–Trinajstić information content (AvgIpc) is 2.61. The molecule has 2 N–H and O–H groups in total. The molecule has 1 atom stereocenters. The van der Waals surface area contributed by atoms with Gasteiger partial charge in [0.15, 0.2) is 0 Å². The molecule has 3 rings (SSSR count). The fraction of sp³-hybridized carbons (Fsp3) is 0.190. The Kier molecular flexibility index (Phi) is 4.52. The molecular formula is C21H21NO2. The minimum Gasteiger partial charge on any atom is -0.507 e. The van der Waals surface area contributed by atoms with Crippen LogP contribution in [-0.2, 0) is 4.79 Å². The molecule has 122 valence electrons. The number of hydrogen-bond acceptors (Lipinski definition) is 2. The van der Waals surface area contributed by atoms with Crippen molar-refractivity contribution in [2.75, 3.05) is 0 Å². The van der Waals surface area contributed by atoms with Gasteiger partial charge in [-0.3, -0.25) is 4.79 Å². The Balaban J connectivity index is 2.12. The van der Waals surface area contributed by atoms with Gasteiger partial charge in [-0.25, -0.2) is 0 Å². The lowest BCUT2D eigenvalue weighted by Gasteiger charge is -2.22. The fourth-order valence-corrected chi connectivity index (χ4v) is 2.80. The summed E-state index contributed by atoms with van der Waals surface area (Å²) in [5.74, 6) is 0.0428. The molecule has 0 saturated carbocycles. The van der Waals surface area contributed by atoms with Crippen LogP contribution in [0.5, 0.6) is 5.75 Å². The molecule has 0 aliphatic carbocycles. The van der Waals surface area contributed by atoms with Crippen molar-refractivity contribution < 1.29 is 9.90 Å². The standard InChI is InChI=1S/C21H21NO2/c1-14(2)21(24)22-19(16-9-4-3-5-10-16)18-13-12-15-8-6-7-11-17(15)20(18)23/h3-14,19,23H,1-2H3,(H,22,24). The third-order valence-electron chi connectivity index (χ3n) is 4.19. The molecule has 0 aliphatic heterocycles. The van der Waals surface area contributed by atoms with Crippen molar-refractivity contribution in [3.05, 3.63) is 77.9 Å². The van der Waals surface area contributed by atoms with Crippen LogP contribution in [0.1, 0.15) is 31.0 Å². The number of amides is 1. The van der Waals surface area contributed by atoms with Gasteiger partial charge in [-0.05, 0) is 10.9 Å². The molecule has 3 aromatic rings. The first-order valence-corrected chi connectivity index (χ1v) is 8.14. The van der Waals surface area contributed by atoms with Gasteiger partial charge < -0.3 is 10.4 Å². The Morgan fingerprint density at radius 2 is 1.58 bits per heavy atom. The number of fused-ring (bicyclic) bond motifs is 1. The lowest BCUT2D eigenvalue weighted by Crippen LogP contribution is -2.32. The van der Waals surface area contributed by atoms with Crippen molar-refractivity contribution in [2.24, 2.45) is 5.92 Å².